The Labute approximate surface area is 350 Å². The standard InChI is InChI=1S/C21H25N3O5S.C21H24N2O6S/c1-29-19-8-6-18(7-9-19)24(21(26)23-10-12-30(27,28)13-11-23)15-16-2-4-17(5-3-16)20(25)14-22;1-28-19-9-7-18(8-10-19)23(21(25)22-11-13-30(26,27)14-12-22)15-16-3-5-17(6-4-16)20(24)29-2/h2-9H,10-15,22H2,1H3;3-10H,11-15H2,1-2H3. The number of rotatable bonds is 11. The van der Waals surface area contributed by atoms with E-state index in [2.05, 4.69) is 0 Å². The Morgan fingerprint density at radius 2 is 0.900 bits per heavy atom. The number of carbonyl (C=O) groups excluding carboxylic acids is 4. The van der Waals surface area contributed by atoms with Crippen LogP contribution in [0.15, 0.2) is 97.1 Å². The minimum atomic E-state index is -3.10. The molecule has 6 rings (SSSR count). The molecule has 0 aromatic heterocycles. The molecule has 2 saturated heterocycles. The molecule has 2 aliphatic rings. The summed E-state index contributed by atoms with van der Waals surface area (Å²) < 4.78 is 62.0. The fourth-order valence-electron chi connectivity index (χ4n) is 6.36. The first-order valence-electron chi connectivity index (χ1n) is 19.0. The molecular weight excluding hydrogens is 815 g/mol. The fourth-order valence-corrected chi connectivity index (χ4v) is 8.76. The molecule has 320 valence electrons. The van der Waals surface area contributed by atoms with Gasteiger partial charge in [0.1, 0.15) is 11.5 Å². The Morgan fingerprint density at radius 1 is 0.550 bits per heavy atom. The Morgan fingerprint density at radius 3 is 1.22 bits per heavy atom. The summed E-state index contributed by atoms with van der Waals surface area (Å²) in [5.41, 5.74) is 9.31. The van der Waals surface area contributed by atoms with E-state index < -0.39 is 25.6 Å². The zero-order chi connectivity index (χ0) is 43.5. The Bertz CT molecular complexity index is 2150. The summed E-state index contributed by atoms with van der Waals surface area (Å²) in [5, 5.41) is 0. The lowest BCUT2D eigenvalue weighted by atomic mass is 10.1. The third kappa shape index (κ3) is 12.0. The van der Waals surface area contributed by atoms with Crippen molar-refractivity contribution in [3.63, 3.8) is 0 Å². The number of nitrogens with zero attached hydrogens (tertiary/aromatic N) is 4. The minimum Gasteiger partial charge on any atom is -0.497 e. The highest BCUT2D eigenvalue weighted by Crippen LogP contribution is 2.25. The topological polar surface area (TPSA) is 203 Å². The van der Waals surface area contributed by atoms with Gasteiger partial charge in [-0.25, -0.2) is 31.2 Å². The van der Waals surface area contributed by atoms with Crippen molar-refractivity contribution in [1.29, 1.82) is 0 Å². The second-order valence-corrected chi connectivity index (χ2v) is 18.5. The van der Waals surface area contributed by atoms with Crippen molar-refractivity contribution < 1.29 is 50.2 Å². The van der Waals surface area contributed by atoms with Gasteiger partial charge in [-0.05, 0) is 71.8 Å². The van der Waals surface area contributed by atoms with Crippen molar-refractivity contribution in [3.8, 4) is 11.5 Å². The van der Waals surface area contributed by atoms with Gasteiger partial charge in [-0.15, -0.1) is 0 Å². The highest BCUT2D eigenvalue weighted by molar-refractivity contribution is 7.91. The van der Waals surface area contributed by atoms with Gasteiger partial charge in [0.25, 0.3) is 0 Å². The maximum atomic E-state index is 13.2. The van der Waals surface area contributed by atoms with Gasteiger partial charge in [-0.3, -0.25) is 14.6 Å². The third-order valence-corrected chi connectivity index (χ3v) is 13.2. The summed E-state index contributed by atoms with van der Waals surface area (Å²) in [6, 6.07) is 27.4. The van der Waals surface area contributed by atoms with Gasteiger partial charge in [-0.2, -0.15) is 0 Å². The van der Waals surface area contributed by atoms with Crippen molar-refractivity contribution in [1.82, 2.24) is 9.80 Å². The van der Waals surface area contributed by atoms with Crippen LogP contribution in [-0.4, -0.2) is 128 Å². The summed E-state index contributed by atoms with van der Waals surface area (Å²) in [7, 11) is -1.74. The van der Waals surface area contributed by atoms with Crippen LogP contribution in [0.4, 0.5) is 21.0 Å². The van der Waals surface area contributed by atoms with Crippen LogP contribution in [0.25, 0.3) is 0 Å². The van der Waals surface area contributed by atoms with Gasteiger partial charge in [-0.1, -0.05) is 36.4 Å². The molecule has 2 N–H and O–H groups in total. The number of anilines is 2. The fraction of sp³-hybridized carbons (Fsp3) is 0.333. The molecule has 4 aromatic carbocycles. The van der Waals surface area contributed by atoms with Crippen molar-refractivity contribution in [2.45, 2.75) is 13.1 Å². The lowest BCUT2D eigenvalue weighted by Crippen LogP contribution is -2.49. The van der Waals surface area contributed by atoms with Gasteiger partial charge in [0.15, 0.2) is 25.5 Å². The molecule has 0 bridgehead atoms. The zero-order valence-electron chi connectivity index (χ0n) is 33.7. The summed E-state index contributed by atoms with van der Waals surface area (Å²) in [6.07, 6.45) is 0. The molecule has 0 aliphatic carbocycles. The van der Waals surface area contributed by atoms with E-state index in [1.807, 2.05) is 0 Å². The Hall–Kier alpha value is -5.98. The van der Waals surface area contributed by atoms with Gasteiger partial charge < -0.3 is 29.7 Å². The number of carbonyl (C=O) groups is 4. The van der Waals surface area contributed by atoms with Crippen molar-refractivity contribution >= 4 is 54.9 Å². The van der Waals surface area contributed by atoms with Crippen LogP contribution in [0, 0.1) is 0 Å². The first kappa shape index (κ1) is 45.1. The van der Waals surface area contributed by atoms with E-state index in [0.29, 0.717) is 34.0 Å². The number of urea groups is 2. The van der Waals surface area contributed by atoms with Crippen LogP contribution < -0.4 is 25.0 Å². The Balaban J connectivity index is 0.000000228. The molecule has 0 saturated carbocycles. The first-order valence-corrected chi connectivity index (χ1v) is 22.6. The van der Waals surface area contributed by atoms with E-state index in [4.69, 9.17) is 19.9 Å². The van der Waals surface area contributed by atoms with Crippen LogP contribution in [-0.2, 0) is 37.5 Å². The van der Waals surface area contributed by atoms with Crippen molar-refractivity contribution in [2.24, 2.45) is 5.73 Å². The molecule has 0 unspecified atom stereocenters. The molecule has 0 radical (unpaired) electrons. The lowest BCUT2D eigenvalue weighted by molar-refractivity contribution is 0.0600. The predicted octanol–water partition coefficient (Wildman–Crippen LogP) is 4.03. The molecule has 2 aliphatic heterocycles. The molecular formula is C42H49N5O11S2. The van der Waals surface area contributed by atoms with Crippen molar-refractivity contribution in [3.05, 3.63) is 119 Å². The number of hydrogen-bond donors (Lipinski definition) is 1. The van der Waals surface area contributed by atoms with Gasteiger partial charge in [0.05, 0.1) is 69.5 Å². The summed E-state index contributed by atoms with van der Waals surface area (Å²) in [5.74, 6) is 0.596. The second-order valence-electron chi connectivity index (χ2n) is 13.9. The molecule has 0 spiro atoms. The van der Waals surface area contributed by atoms with E-state index in [9.17, 15) is 36.0 Å². The quantitative estimate of drug-likeness (QED) is 0.168. The summed E-state index contributed by atoms with van der Waals surface area (Å²) in [6.45, 7) is 1.12. The van der Waals surface area contributed by atoms with E-state index in [1.165, 1.54) is 7.11 Å². The number of ether oxygens (including phenoxy) is 3. The largest absolute Gasteiger partial charge is 0.497 e. The molecule has 2 fully saturated rings. The number of amides is 4. The summed E-state index contributed by atoms with van der Waals surface area (Å²) >= 11 is 0. The maximum Gasteiger partial charge on any atom is 0.337 e. The maximum absolute atomic E-state index is 13.2. The normalized spacial score (nSPS) is 15.4. The van der Waals surface area contributed by atoms with Crippen LogP contribution in [0.5, 0.6) is 11.5 Å². The molecule has 4 aromatic rings. The van der Waals surface area contributed by atoms with Crippen LogP contribution in [0.3, 0.4) is 0 Å². The van der Waals surface area contributed by atoms with Gasteiger partial charge >= 0.3 is 18.0 Å². The SMILES string of the molecule is COC(=O)c1ccc(CN(C(=O)N2CCS(=O)(=O)CC2)c2ccc(OC)cc2)cc1.COc1ccc(N(Cc2ccc(C(=O)CN)cc2)C(=O)N2CCS(=O)(=O)CC2)cc1. The third-order valence-electron chi connectivity index (χ3n) is 9.98. The molecule has 60 heavy (non-hydrogen) atoms. The number of hydrogen-bond acceptors (Lipinski definition) is 12. The predicted molar refractivity (Wildman–Crippen MR) is 227 cm³/mol. The van der Waals surface area contributed by atoms with Crippen molar-refractivity contribution in [2.75, 3.05) is 86.9 Å². The number of Topliss-reactive ketones (excluding diaryl/α,β-unsaturated/α-hetero) is 1. The molecule has 18 heteroatoms. The van der Waals surface area contributed by atoms with Gasteiger partial charge in [0.2, 0.25) is 0 Å². The average Bonchev–Trinajstić information content (AvgIpc) is 3.27. The number of methoxy groups -OCH3 is 3. The first-order chi connectivity index (χ1) is 28.6. The van der Waals surface area contributed by atoms with Crippen LogP contribution in [0.2, 0.25) is 0 Å². The zero-order valence-corrected chi connectivity index (χ0v) is 35.3. The average molecular weight is 864 g/mol. The van der Waals surface area contributed by atoms with E-state index in [1.54, 1.807) is 131 Å². The summed E-state index contributed by atoms with van der Waals surface area (Å²) in [4.78, 5) is 56.2. The van der Waals surface area contributed by atoms with E-state index in [0.717, 1.165) is 11.1 Å². The van der Waals surface area contributed by atoms with E-state index >= 15 is 0 Å². The highest BCUT2D eigenvalue weighted by Gasteiger charge is 2.30. The number of ketones is 1. The molecule has 0 atom stereocenters. The van der Waals surface area contributed by atoms with E-state index in [-0.39, 0.29) is 86.7 Å². The minimum absolute atomic E-state index is 0.0366. The van der Waals surface area contributed by atoms with Crippen LogP contribution >= 0.6 is 0 Å². The number of sulfone groups is 2. The molecule has 2 heterocycles. The number of esters is 1. The number of benzene rings is 4. The monoisotopic (exact) mass is 863 g/mol. The highest BCUT2D eigenvalue weighted by atomic mass is 32.2. The lowest BCUT2D eigenvalue weighted by Gasteiger charge is -2.33. The molecule has 16 nitrogen and oxygen atoms in total. The number of nitrogens with two attached hydrogens (primary N) is 1. The van der Waals surface area contributed by atoms with Crippen LogP contribution in [0.1, 0.15) is 31.8 Å². The Kier molecular flexibility index (Phi) is 15.3. The second kappa shape index (κ2) is 20.3. The smallest absolute Gasteiger partial charge is 0.337 e. The van der Waals surface area contributed by atoms with Gasteiger partial charge in [0, 0.05) is 43.1 Å². The molecule has 4 amide bonds.